The van der Waals surface area contributed by atoms with Crippen LogP contribution in [0.2, 0.25) is 0 Å². The fourth-order valence-corrected chi connectivity index (χ4v) is 4.62. The number of thiophene rings is 1. The van der Waals surface area contributed by atoms with E-state index in [1.165, 1.54) is 17.5 Å². The normalized spacial score (nSPS) is 22.4. The van der Waals surface area contributed by atoms with Gasteiger partial charge in [0.2, 0.25) is 0 Å². The summed E-state index contributed by atoms with van der Waals surface area (Å²) in [4.78, 5) is 15.7. The average molecular weight is 443 g/mol. The lowest BCUT2D eigenvalue weighted by Crippen LogP contribution is -2.38. The van der Waals surface area contributed by atoms with E-state index in [0.717, 1.165) is 35.6 Å². The lowest BCUT2D eigenvalue weighted by molar-refractivity contribution is -0.173. The van der Waals surface area contributed by atoms with E-state index in [-0.39, 0.29) is 17.8 Å². The summed E-state index contributed by atoms with van der Waals surface area (Å²) < 4.78 is 47.2. The highest BCUT2D eigenvalue weighted by Gasteiger charge is 2.47. The van der Waals surface area contributed by atoms with Crippen molar-refractivity contribution in [2.75, 3.05) is 44.7 Å². The molecular formula is C19H24F3N5O2S. The number of hydrogen-bond acceptors (Lipinski definition) is 6. The van der Waals surface area contributed by atoms with Crippen molar-refractivity contribution in [1.82, 2.24) is 20.0 Å². The smallest absolute Gasteiger partial charge is 0.379 e. The first-order valence-corrected chi connectivity index (χ1v) is 10.8. The van der Waals surface area contributed by atoms with Gasteiger partial charge in [0.05, 0.1) is 25.5 Å². The number of alkyl halides is 3. The molecule has 2 aliphatic rings. The van der Waals surface area contributed by atoms with Crippen LogP contribution in [0.5, 0.6) is 0 Å². The second kappa shape index (κ2) is 8.94. The zero-order valence-electron chi connectivity index (χ0n) is 16.3. The predicted molar refractivity (Wildman–Crippen MR) is 107 cm³/mol. The van der Waals surface area contributed by atoms with Gasteiger partial charge in [0, 0.05) is 30.9 Å². The Morgan fingerprint density at radius 3 is 2.87 bits per heavy atom. The first-order chi connectivity index (χ1) is 14.4. The van der Waals surface area contributed by atoms with Gasteiger partial charge in [-0.2, -0.15) is 18.3 Å². The molecule has 1 saturated heterocycles. The lowest BCUT2D eigenvalue weighted by Gasteiger charge is -2.33. The molecule has 2 aliphatic heterocycles. The number of morpholine rings is 1. The van der Waals surface area contributed by atoms with Crippen LogP contribution in [0.15, 0.2) is 23.7 Å². The Morgan fingerprint density at radius 1 is 1.37 bits per heavy atom. The lowest BCUT2D eigenvalue weighted by atomic mass is 10.0. The minimum absolute atomic E-state index is 0.118. The third kappa shape index (κ3) is 4.62. The molecule has 0 spiro atoms. The van der Waals surface area contributed by atoms with Gasteiger partial charge in [0.25, 0.3) is 5.91 Å². The van der Waals surface area contributed by atoms with Crippen LogP contribution in [-0.4, -0.2) is 66.2 Å². The van der Waals surface area contributed by atoms with Crippen LogP contribution in [0.4, 0.5) is 19.0 Å². The number of rotatable bonds is 6. The molecule has 7 nitrogen and oxygen atoms in total. The molecule has 1 fully saturated rings. The van der Waals surface area contributed by atoms with Crippen molar-refractivity contribution in [1.29, 1.82) is 0 Å². The summed E-state index contributed by atoms with van der Waals surface area (Å²) in [5.74, 6) is -0.300. The summed E-state index contributed by atoms with van der Waals surface area (Å²) in [6, 6.07) is 1.31. The van der Waals surface area contributed by atoms with Gasteiger partial charge in [-0.15, -0.1) is 11.3 Å². The summed E-state index contributed by atoms with van der Waals surface area (Å²) in [6.45, 7) is 4.45. The molecule has 2 N–H and O–H groups in total. The van der Waals surface area contributed by atoms with Crippen LogP contribution >= 0.6 is 11.3 Å². The highest BCUT2D eigenvalue weighted by atomic mass is 32.1. The number of fused-ring (bicyclic) bond motifs is 1. The fourth-order valence-electron chi connectivity index (χ4n) is 3.83. The van der Waals surface area contributed by atoms with Crippen molar-refractivity contribution in [2.45, 2.75) is 31.1 Å². The third-order valence-electron chi connectivity index (χ3n) is 5.41. The second-order valence-electron chi connectivity index (χ2n) is 7.42. The maximum absolute atomic E-state index is 13.7. The van der Waals surface area contributed by atoms with E-state index >= 15 is 0 Å². The molecule has 11 heteroatoms. The van der Waals surface area contributed by atoms with Crippen molar-refractivity contribution in [3.05, 3.63) is 34.2 Å². The average Bonchev–Trinajstić information content (AvgIpc) is 3.40. The van der Waals surface area contributed by atoms with Gasteiger partial charge in [0.1, 0.15) is 11.4 Å². The molecule has 2 aromatic rings. The van der Waals surface area contributed by atoms with E-state index in [9.17, 15) is 18.0 Å². The van der Waals surface area contributed by atoms with E-state index in [0.29, 0.717) is 19.8 Å². The number of anilines is 1. The number of ether oxygens (including phenoxy) is 1. The van der Waals surface area contributed by atoms with Crippen LogP contribution in [0, 0.1) is 0 Å². The maximum Gasteiger partial charge on any atom is 0.410 e. The molecule has 4 rings (SSSR count). The first kappa shape index (κ1) is 21.1. The summed E-state index contributed by atoms with van der Waals surface area (Å²) in [7, 11) is 0. The number of carbonyl (C=O) groups excluding carboxylic acids is 1. The summed E-state index contributed by atoms with van der Waals surface area (Å²) in [5, 5.41) is 11.6. The predicted octanol–water partition coefficient (Wildman–Crippen LogP) is 3.06. The summed E-state index contributed by atoms with van der Waals surface area (Å²) in [5.41, 5.74) is 0.136. The van der Waals surface area contributed by atoms with E-state index in [1.807, 2.05) is 5.38 Å². The van der Waals surface area contributed by atoms with Crippen molar-refractivity contribution < 1.29 is 22.7 Å². The maximum atomic E-state index is 13.7. The highest BCUT2D eigenvalue weighted by molar-refractivity contribution is 7.10. The molecule has 4 heterocycles. The molecule has 164 valence electrons. The van der Waals surface area contributed by atoms with Crippen LogP contribution in [0.3, 0.4) is 0 Å². The first-order valence-electron chi connectivity index (χ1n) is 9.96. The Balaban J connectivity index is 1.43. The number of amides is 1. The number of hydrogen-bond donors (Lipinski definition) is 2. The molecule has 0 aromatic carbocycles. The molecule has 1 amide bonds. The largest absolute Gasteiger partial charge is 0.410 e. The van der Waals surface area contributed by atoms with Crippen LogP contribution in [0.1, 0.15) is 40.2 Å². The van der Waals surface area contributed by atoms with E-state index < -0.39 is 24.2 Å². The fraction of sp³-hybridized carbons (Fsp3) is 0.579. The van der Waals surface area contributed by atoms with E-state index in [1.54, 1.807) is 12.1 Å². The standard InChI is InChI=1S/C19H24F3N5O2S/c20-19(21,22)16-11-14(15-3-1-10-30-15)25-17-13(12-24-27(16)17)18(28)23-4-2-5-26-6-8-29-9-7-26/h1,3,10,12,14,16,25H,2,4-9,11H2,(H,23,28)/t14-,16+/m0/s1. The minimum Gasteiger partial charge on any atom is -0.379 e. The molecule has 0 radical (unpaired) electrons. The topological polar surface area (TPSA) is 71.4 Å². The monoisotopic (exact) mass is 443 g/mol. The SMILES string of the molecule is O=C(NCCCN1CCOCC1)c1cnn2c1N[C@H](c1cccs1)C[C@@H]2C(F)(F)F. The molecule has 0 bridgehead atoms. The minimum atomic E-state index is -4.45. The zero-order chi connectivity index (χ0) is 21.1. The Kier molecular flexibility index (Phi) is 6.30. The van der Waals surface area contributed by atoms with Gasteiger partial charge >= 0.3 is 6.18 Å². The molecule has 0 saturated carbocycles. The van der Waals surface area contributed by atoms with Gasteiger partial charge in [-0.25, -0.2) is 4.68 Å². The van der Waals surface area contributed by atoms with Gasteiger partial charge in [-0.1, -0.05) is 6.07 Å². The number of aromatic nitrogens is 2. The molecule has 2 aromatic heterocycles. The van der Waals surface area contributed by atoms with Crippen LogP contribution in [0.25, 0.3) is 0 Å². The summed E-state index contributed by atoms with van der Waals surface area (Å²) in [6.07, 6.45) is -2.65. The molecule has 2 atom stereocenters. The number of nitrogens with zero attached hydrogens (tertiary/aromatic N) is 3. The number of halogens is 3. The van der Waals surface area contributed by atoms with Crippen LogP contribution < -0.4 is 10.6 Å². The number of nitrogens with one attached hydrogen (secondary N) is 2. The molecule has 0 unspecified atom stereocenters. The van der Waals surface area contributed by atoms with Gasteiger partial charge in [0.15, 0.2) is 6.04 Å². The van der Waals surface area contributed by atoms with Crippen molar-refractivity contribution in [3.8, 4) is 0 Å². The Hall–Kier alpha value is -2.11. The molecular weight excluding hydrogens is 419 g/mol. The molecule has 0 aliphatic carbocycles. The van der Waals surface area contributed by atoms with Crippen LogP contribution in [-0.2, 0) is 4.74 Å². The Bertz CT molecular complexity index is 849. The van der Waals surface area contributed by atoms with Crippen molar-refractivity contribution >= 4 is 23.1 Å². The second-order valence-corrected chi connectivity index (χ2v) is 8.40. The third-order valence-corrected chi connectivity index (χ3v) is 6.40. The summed E-state index contributed by atoms with van der Waals surface area (Å²) >= 11 is 1.39. The zero-order valence-corrected chi connectivity index (χ0v) is 17.1. The van der Waals surface area contributed by atoms with E-state index in [4.69, 9.17) is 4.74 Å². The highest BCUT2D eigenvalue weighted by Crippen LogP contribution is 2.44. The van der Waals surface area contributed by atoms with Crippen molar-refractivity contribution in [3.63, 3.8) is 0 Å². The van der Waals surface area contributed by atoms with Crippen molar-refractivity contribution in [2.24, 2.45) is 0 Å². The quantitative estimate of drug-likeness (QED) is 0.672. The Morgan fingerprint density at radius 2 is 2.17 bits per heavy atom. The Labute approximate surface area is 176 Å². The number of carbonyl (C=O) groups is 1. The molecule has 30 heavy (non-hydrogen) atoms. The van der Waals surface area contributed by atoms with Gasteiger partial charge in [-0.3, -0.25) is 9.69 Å². The van der Waals surface area contributed by atoms with E-state index in [2.05, 4.69) is 20.6 Å². The van der Waals surface area contributed by atoms with Gasteiger partial charge in [-0.05, 0) is 24.4 Å². The van der Waals surface area contributed by atoms with Gasteiger partial charge < -0.3 is 15.4 Å².